The summed E-state index contributed by atoms with van der Waals surface area (Å²) in [6, 6.07) is 7.13. The summed E-state index contributed by atoms with van der Waals surface area (Å²) in [5.41, 5.74) is 8.09. The molecule has 1 heterocycles. The van der Waals surface area contributed by atoms with Crippen molar-refractivity contribution in [2.45, 2.75) is 25.8 Å². The lowest BCUT2D eigenvalue weighted by Crippen LogP contribution is -2.22. The molecule has 1 amide bonds. The quantitative estimate of drug-likeness (QED) is 0.854. The van der Waals surface area contributed by atoms with Crippen LogP contribution in [0.15, 0.2) is 24.3 Å². The third-order valence-corrected chi connectivity index (χ3v) is 5.02. The summed E-state index contributed by atoms with van der Waals surface area (Å²) in [5.74, 6) is -0.184. The highest BCUT2D eigenvalue weighted by molar-refractivity contribution is 7.12. The highest BCUT2D eigenvalue weighted by Crippen LogP contribution is 2.30. The summed E-state index contributed by atoms with van der Waals surface area (Å²) >= 11 is 7.81. The number of rotatable bonds is 3. The van der Waals surface area contributed by atoms with Gasteiger partial charge in [0.25, 0.3) is 5.91 Å². The van der Waals surface area contributed by atoms with Gasteiger partial charge in [-0.05, 0) is 49.1 Å². The van der Waals surface area contributed by atoms with E-state index in [1.807, 2.05) is 0 Å². The van der Waals surface area contributed by atoms with E-state index in [2.05, 4.69) is 11.4 Å². The summed E-state index contributed by atoms with van der Waals surface area (Å²) in [5, 5.41) is 3.33. The Hall–Kier alpha value is -1.52. The van der Waals surface area contributed by atoms with Crippen LogP contribution in [0.3, 0.4) is 0 Å². The largest absolute Gasteiger partial charge is 0.399 e. The summed E-state index contributed by atoms with van der Waals surface area (Å²) in [6.45, 7) is 0.543. The predicted octanol–water partition coefficient (Wildman–Crippen LogP) is 3.40. The van der Waals surface area contributed by atoms with Gasteiger partial charge >= 0.3 is 0 Å². The zero-order chi connectivity index (χ0) is 14.1. The number of nitrogen functional groups attached to an aromatic ring is 1. The molecule has 2 aromatic rings. The SMILES string of the molecule is Nc1ccc(Cl)c(C(=O)NCc2cc3c(s2)CCC3)c1. The van der Waals surface area contributed by atoms with Crippen molar-refractivity contribution in [3.8, 4) is 0 Å². The van der Waals surface area contributed by atoms with E-state index < -0.39 is 0 Å². The van der Waals surface area contributed by atoms with Gasteiger partial charge in [-0.2, -0.15) is 0 Å². The second-order valence-corrected chi connectivity index (χ2v) is 6.57. The average molecular weight is 307 g/mol. The van der Waals surface area contributed by atoms with Gasteiger partial charge < -0.3 is 11.1 Å². The summed E-state index contributed by atoms with van der Waals surface area (Å²) in [6.07, 6.45) is 3.60. The van der Waals surface area contributed by atoms with Crippen LogP contribution in [-0.4, -0.2) is 5.91 Å². The van der Waals surface area contributed by atoms with Crippen LogP contribution in [-0.2, 0) is 19.4 Å². The Balaban J connectivity index is 1.68. The number of fused-ring (bicyclic) bond motifs is 1. The minimum atomic E-state index is -0.184. The van der Waals surface area contributed by atoms with Crippen molar-refractivity contribution in [2.24, 2.45) is 0 Å². The highest BCUT2D eigenvalue weighted by atomic mass is 35.5. The minimum absolute atomic E-state index is 0.184. The summed E-state index contributed by atoms with van der Waals surface area (Å²) < 4.78 is 0. The van der Waals surface area contributed by atoms with Crippen LogP contribution in [0, 0.1) is 0 Å². The fourth-order valence-corrected chi connectivity index (χ4v) is 3.86. The van der Waals surface area contributed by atoms with Crippen LogP contribution in [0.2, 0.25) is 5.02 Å². The maximum absolute atomic E-state index is 12.1. The van der Waals surface area contributed by atoms with Gasteiger partial charge in [0.2, 0.25) is 0 Å². The Bertz CT molecular complexity index is 644. The van der Waals surface area contributed by atoms with Crippen molar-refractivity contribution in [2.75, 3.05) is 5.73 Å². The molecule has 1 aromatic carbocycles. The van der Waals surface area contributed by atoms with Gasteiger partial charge in [-0.3, -0.25) is 4.79 Å². The smallest absolute Gasteiger partial charge is 0.253 e. The number of hydrogen-bond donors (Lipinski definition) is 2. The first-order valence-electron chi connectivity index (χ1n) is 6.57. The number of anilines is 1. The number of amides is 1. The molecular formula is C15H15ClN2OS. The Morgan fingerprint density at radius 1 is 1.35 bits per heavy atom. The lowest BCUT2D eigenvalue weighted by Gasteiger charge is -2.06. The molecule has 5 heteroatoms. The van der Waals surface area contributed by atoms with Gasteiger partial charge in [-0.25, -0.2) is 0 Å². The molecule has 0 bridgehead atoms. The molecule has 0 aliphatic heterocycles. The molecular weight excluding hydrogens is 292 g/mol. The van der Waals surface area contributed by atoms with E-state index in [0.29, 0.717) is 22.8 Å². The molecule has 3 rings (SSSR count). The Morgan fingerprint density at radius 3 is 3.00 bits per heavy atom. The molecule has 0 saturated heterocycles. The van der Waals surface area contributed by atoms with E-state index >= 15 is 0 Å². The molecule has 1 aliphatic rings. The Morgan fingerprint density at radius 2 is 2.20 bits per heavy atom. The van der Waals surface area contributed by atoms with Crippen molar-refractivity contribution in [1.29, 1.82) is 0 Å². The third-order valence-electron chi connectivity index (χ3n) is 3.46. The maximum atomic E-state index is 12.1. The number of halogens is 1. The van der Waals surface area contributed by atoms with Crippen LogP contribution < -0.4 is 11.1 Å². The molecule has 3 N–H and O–H groups in total. The molecule has 1 aliphatic carbocycles. The number of thiophene rings is 1. The van der Waals surface area contributed by atoms with Gasteiger partial charge in [0.1, 0.15) is 0 Å². The zero-order valence-electron chi connectivity index (χ0n) is 10.9. The molecule has 104 valence electrons. The lowest BCUT2D eigenvalue weighted by atomic mass is 10.2. The van der Waals surface area contributed by atoms with Crippen molar-refractivity contribution >= 4 is 34.5 Å². The van der Waals surface area contributed by atoms with Crippen LogP contribution in [0.5, 0.6) is 0 Å². The topological polar surface area (TPSA) is 55.1 Å². The number of hydrogen-bond acceptors (Lipinski definition) is 3. The van der Waals surface area contributed by atoms with E-state index in [-0.39, 0.29) is 5.91 Å². The number of nitrogens with one attached hydrogen (secondary N) is 1. The van der Waals surface area contributed by atoms with E-state index in [0.717, 1.165) is 0 Å². The summed E-state index contributed by atoms with van der Waals surface area (Å²) in [7, 11) is 0. The van der Waals surface area contributed by atoms with Crippen molar-refractivity contribution in [1.82, 2.24) is 5.32 Å². The van der Waals surface area contributed by atoms with Crippen molar-refractivity contribution in [3.05, 3.63) is 50.2 Å². The molecule has 0 radical (unpaired) electrons. The van der Waals surface area contributed by atoms with Gasteiger partial charge in [-0.1, -0.05) is 11.6 Å². The molecule has 20 heavy (non-hydrogen) atoms. The first-order valence-corrected chi connectivity index (χ1v) is 7.76. The molecule has 0 atom stereocenters. The zero-order valence-corrected chi connectivity index (χ0v) is 12.5. The molecule has 0 fully saturated rings. The van der Waals surface area contributed by atoms with Crippen LogP contribution in [0.25, 0.3) is 0 Å². The van der Waals surface area contributed by atoms with Crippen LogP contribution in [0.1, 0.15) is 32.1 Å². The Labute approximate surface area is 126 Å². The molecule has 0 unspecified atom stereocenters. The molecule has 0 saturated carbocycles. The minimum Gasteiger partial charge on any atom is -0.399 e. The average Bonchev–Trinajstić information content (AvgIpc) is 2.99. The van der Waals surface area contributed by atoms with E-state index in [9.17, 15) is 4.79 Å². The third kappa shape index (κ3) is 2.67. The maximum Gasteiger partial charge on any atom is 0.253 e. The number of benzene rings is 1. The fourth-order valence-electron chi connectivity index (χ4n) is 2.46. The van der Waals surface area contributed by atoms with Crippen LogP contribution in [0.4, 0.5) is 5.69 Å². The van der Waals surface area contributed by atoms with Crippen LogP contribution >= 0.6 is 22.9 Å². The summed E-state index contributed by atoms with van der Waals surface area (Å²) in [4.78, 5) is 14.8. The fraction of sp³-hybridized carbons (Fsp3) is 0.267. The van der Waals surface area contributed by atoms with Crippen molar-refractivity contribution < 1.29 is 4.79 Å². The lowest BCUT2D eigenvalue weighted by molar-refractivity contribution is 0.0951. The van der Waals surface area contributed by atoms with E-state index in [1.54, 1.807) is 29.5 Å². The Kier molecular flexibility index (Phi) is 3.68. The highest BCUT2D eigenvalue weighted by Gasteiger charge is 2.16. The molecule has 3 nitrogen and oxygen atoms in total. The second-order valence-electron chi connectivity index (χ2n) is 4.94. The monoisotopic (exact) mass is 306 g/mol. The van der Waals surface area contributed by atoms with Crippen molar-refractivity contribution in [3.63, 3.8) is 0 Å². The van der Waals surface area contributed by atoms with Gasteiger partial charge in [-0.15, -0.1) is 11.3 Å². The van der Waals surface area contributed by atoms with Gasteiger partial charge in [0.05, 0.1) is 17.1 Å². The normalized spacial score (nSPS) is 13.2. The first-order chi connectivity index (χ1) is 9.63. The van der Waals surface area contributed by atoms with Gasteiger partial charge in [0, 0.05) is 15.4 Å². The molecule has 1 aromatic heterocycles. The predicted molar refractivity (Wildman–Crippen MR) is 83.4 cm³/mol. The van der Waals surface area contributed by atoms with Gasteiger partial charge in [0.15, 0.2) is 0 Å². The number of aryl methyl sites for hydroxylation is 2. The van der Waals surface area contributed by atoms with E-state index in [1.165, 1.54) is 34.6 Å². The van der Waals surface area contributed by atoms with E-state index in [4.69, 9.17) is 17.3 Å². The number of carbonyl (C=O) groups excluding carboxylic acids is 1. The second kappa shape index (κ2) is 5.46. The molecule has 0 spiro atoms. The standard InChI is InChI=1S/C15H15ClN2OS/c16-13-5-4-10(17)7-12(13)15(19)18-8-11-6-9-2-1-3-14(9)20-11/h4-7H,1-3,8,17H2,(H,18,19). The first kappa shape index (κ1) is 13.5. The number of carbonyl (C=O) groups is 1. The number of nitrogens with two attached hydrogens (primary N) is 1.